The van der Waals surface area contributed by atoms with E-state index in [-0.39, 0.29) is 23.8 Å². The summed E-state index contributed by atoms with van der Waals surface area (Å²) in [5.74, 6) is 0.249. The van der Waals surface area contributed by atoms with E-state index < -0.39 is 5.54 Å². The maximum Gasteiger partial charge on any atom is 0.257 e. The Bertz CT molecular complexity index is 1100. The molecule has 0 aliphatic carbocycles. The molecule has 1 amide bonds. The number of hydrogen-bond donors (Lipinski definition) is 2. The molecule has 6 heteroatoms. The lowest BCUT2D eigenvalue weighted by Gasteiger charge is -2.34. The Kier molecular flexibility index (Phi) is 6.04. The van der Waals surface area contributed by atoms with Crippen molar-refractivity contribution in [2.75, 3.05) is 5.32 Å². The zero-order valence-electron chi connectivity index (χ0n) is 19.2. The molecule has 1 aromatic heterocycles. The minimum Gasteiger partial charge on any atom is -0.363 e. The first-order valence-corrected chi connectivity index (χ1v) is 11.4. The van der Waals surface area contributed by atoms with Crippen LogP contribution in [0.15, 0.2) is 54.6 Å². The Labute approximate surface area is 189 Å². The molecular formula is C26H31FN4O. The largest absolute Gasteiger partial charge is 0.363 e. The molecule has 4 rings (SSSR count). The second kappa shape index (κ2) is 8.77. The van der Waals surface area contributed by atoms with Crippen LogP contribution in [0, 0.1) is 12.7 Å². The first kappa shape index (κ1) is 22.1. The van der Waals surface area contributed by atoms with Crippen LogP contribution in [-0.4, -0.2) is 15.7 Å². The highest BCUT2D eigenvalue weighted by atomic mass is 19.1. The third kappa shape index (κ3) is 3.78. The van der Waals surface area contributed by atoms with Gasteiger partial charge in [0.05, 0.1) is 23.3 Å². The molecule has 2 N–H and O–H groups in total. The van der Waals surface area contributed by atoms with Gasteiger partial charge in [0.15, 0.2) is 0 Å². The Balaban J connectivity index is 1.70. The van der Waals surface area contributed by atoms with E-state index in [9.17, 15) is 9.18 Å². The number of halogens is 1. The standard InChI is InChI=1S/C26H31FN4O/c1-5-26(6-2,19-12-8-7-9-13-19)29-25(32)23-18(4)30-31-17(3)16-22(28-24(23)31)20-14-10-11-15-21(20)27/h7-15,17,22,28H,5-6,16H2,1-4H3,(H,29,32). The second-order valence-corrected chi connectivity index (χ2v) is 8.67. The van der Waals surface area contributed by atoms with Crippen LogP contribution in [0.3, 0.4) is 0 Å². The quantitative estimate of drug-likeness (QED) is 0.508. The first-order valence-electron chi connectivity index (χ1n) is 11.4. The van der Waals surface area contributed by atoms with Gasteiger partial charge in [0, 0.05) is 5.56 Å². The topological polar surface area (TPSA) is 59.0 Å². The highest BCUT2D eigenvalue weighted by Crippen LogP contribution is 2.39. The van der Waals surface area contributed by atoms with Gasteiger partial charge in [-0.05, 0) is 44.7 Å². The summed E-state index contributed by atoms with van der Waals surface area (Å²) in [6, 6.07) is 16.7. The lowest BCUT2D eigenvalue weighted by atomic mass is 9.84. The Morgan fingerprint density at radius 1 is 1.16 bits per heavy atom. The number of amides is 1. The van der Waals surface area contributed by atoms with Gasteiger partial charge in [0.1, 0.15) is 17.2 Å². The molecule has 2 atom stereocenters. The van der Waals surface area contributed by atoms with Gasteiger partial charge in [-0.3, -0.25) is 4.79 Å². The van der Waals surface area contributed by atoms with Gasteiger partial charge < -0.3 is 10.6 Å². The summed E-state index contributed by atoms with van der Waals surface area (Å²) in [6.07, 6.45) is 2.22. The zero-order valence-corrected chi connectivity index (χ0v) is 19.2. The average molecular weight is 435 g/mol. The van der Waals surface area contributed by atoms with Crippen molar-refractivity contribution in [3.63, 3.8) is 0 Å². The van der Waals surface area contributed by atoms with Crippen LogP contribution in [0.4, 0.5) is 10.2 Å². The highest BCUT2D eigenvalue weighted by Gasteiger charge is 2.36. The molecule has 0 fully saturated rings. The molecule has 0 saturated carbocycles. The van der Waals surface area contributed by atoms with Crippen LogP contribution in [0.1, 0.15) is 79.3 Å². The van der Waals surface area contributed by atoms with Crippen molar-refractivity contribution >= 4 is 11.7 Å². The van der Waals surface area contributed by atoms with E-state index in [0.717, 1.165) is 18.4 Å². The first-order chi connectivity index (χ1) is 15.4. The fourth-order valence-corrected chi connectivity index (χ4v) is 4.85. The van der Waals surface area contributed by atoms with Crippen molar-refractivity contribution in [3.05, 3.63) is 82.8 Å². The number of fused-ring (bicyclic) bond motifs is 1. The van der Waals surface area contributed by atoms with Gasteiger partial charge in [-0.2, -0.15) is 5.10 Å². The van der Waals surface area contributed by atoms with E-state index in [4.69, 9.17) is 0 Å². The summed E-state index contributed by atoms with van der Waals surface area (Å²) in [5, 5.41) is 11.4. The molecule has 0 spiro atoms. The third-order valence-corrected chi connectivity index (χ3v) is 6.78. The van der Waals surface area contributed by atoms with Crippen molar-refractivity contribution in [1.82, 2.24) is 15.1 Å². The van der Waals surface area contributed by atoms with Crippen LogP contribution < -0.4 is 10.6 Å². The summed E-state index contributed by atoms with van der Waals surface area (Å²) in [4.78, 5) is 13.6. The average Bonchev–Trinajstić information content (AvgIpc) is 3.15. The summed E-state index contributed by atoms with van der Waals surface area (Å²) in [5.41, 5.74) is 2.42. The summed E-state index contributed by atoms with van der Waals surface area (Å²) in [6.45, 7) is 8.09. The molecule has 2 unspecified atom stereocenters. The van der Waals surface area contributed by atoms with Gasteiger partial charge in [0.25, 0.3) is 5.91 Å². The SMILES string of the molecule is CCC(CC)(NC(=O)c1c(C)nn2c1NC(c1ccccc1F)CC2C)c1ccccc1. The maximum atomic E-state index is 14.5. The monoisotopic (exact) mass is 434 g/mol. The summed E-state index contributed by atoms with van der Waals surface area (Å²) in [7, 11) is 0. The van der Waals surface area contributed by atoms with Crippen molar-refractivity contribution in [2.24, 2.45) is 0 Å². The smallest absolute Gasteiger partial charge is 0.257 e. The molecule has 3 aromatic rings. The van der Waals surface area contributed by atoms with E-state index in [1.165, 1.54) is 6.07 Å². The molecule has 32 heavy (non-hydrogen) atoms. The van der Waals surface area contributed by atoms with Crippen molar-refractivity contribution < 1.29 is 9.18 Å². The van der Waals surface area contributed by atoms with Gasteiger partial charge >= 0.3 is 0 Å². The van der Waals surface area contributed by atoms with Crippen LogP contribution in [0.5, 0.6) is 0 Å². The molecule has 1 aliphatic heterocycles. The summed E-state index contributed by atoms with van der Waals surface area (Å²) < 4.78 is 16.4. The van der Waals surface area contributed by atoms with Crippen molar-refractivity contribution in [2.45, 2.75) is 64.6 Å². The molecule has 1 aliphatic rings. The maximum absolute atomic E-state index is 14.5. The minimum atomic E-state index is -0.467. The number of carbonyl (C=O) groups is 1. The normalized spacial score (nSPS) is 18.0. The van der Waals surface area contributed by atoms with Crippen LogP contribution >= 0.6 is 0 Å². The Morgan fingerprint density at radius 3 is 2.47 bits per heavy atom. The number of carbonyl (C=O) groups excluding carboxylic acids is 1. The highest BCUT2D eigenvalue weighted by molar-refractivity contribution is 6.00. The number of rotatable bonds is 6. The lowest BCUT2D eigenvalue weighted by molar-refractivity contribution is 0.0889. The van der Waals surface area contributed by atoms with Crippen LogP contribution in [0.25, 0.3) is 0 Å². The van der Waals surface area contributed by atoms with E-state index in [1.54, 1.807) is 12.1 Å². The lowest BCUT2D eigenvalue weighted by Crippen LogP contribution is -2.45. The van der Waals surface area contributed by atoms with Gasteiger partial charge in [-0.1, -0.05) is 62.4 Å². The fourth-order valence-electron chi connectivity index (χ4n) is 4.85. The summed E-state index contributed by atoms with van der Waals surface area (Å²) >= 11 is 0. The number of anilines is 1. The molecule has 0 saturated heterocycles. The number of nitrogens with one attached hydrogen (secondary N) is 2. The Hall–Kier alpha value is -3.15. The molecular weight excluding hydrogens is 403 g/mol. The molecule has 0 bridgehead atoms. The fraction of sp³-hybridized carbons (Fsp3) is 0.385. The predicted octanol–water partition coefficient (Wildman–Crippen LogP) is 5.89. The van der Waals surface area contributed by atoms with E-state index in [2.05, 4.69) is 48.6 Å². The number of aromatic nitrogens is 2. The molecule has 2 heterocycles. The Morgan fingerprint density at radius 2 is 1.81 bits per heavy atom. The number of hydrogen-bond acceptors (Lipinski definition) is 3. The number of benzene rings is 2. The number of aryl methyl sites for hydroxylation is 1. The van der Waals surface area contributed by atoms with Crippen LogP contribution in [-0.2, 0) is 5.54 Å². The van der Waals surface area contributed by atoms with Crippen LogP contribution in [0.2, 0.25) is 0 Å². The van der Waals surface area contributed by atoms with Gasteiger partial charge in [0.2, 0.25) is 0 Å². The molecule has 0 radical (unpaired) electrons. The van der Waals surface area contributed by atoms with E-state index in [1.807, 2.05) is 35.9 Å². The van der Waals surface area contributed by atoms with Crippen molar-refractivity contribution in [3.8, 4) is 0 Å². The van der Waals surface area contributed by atoms with Gasteiger partial charge in [-0.15, -0.1) is 0 Å². The van der Waals surface area contributed by atoms with E-state index in [0.29, 0.717) is 29.1 Å². The molecule has 2 aromatic carbocycles. The minimum absolute atomic E-state index is 0.0346. The van der Waals surface area contributed by atoms with Crippen molar-refractivity contribution in [1.29, 1.82) is 0 Å². The second-order valence-electron chi connectivity index (χ2n) is 8.67. The van der Waals surface area contributed by atoms with Gasteiger partial charge in [-0.25, -0.2) is 9.07 Å². The predicted molar refractivity (Wildman–Crippen MR) is 125 cm³/mol. The zero-order chi connectivity index (χ0) is 22.9. The molecule has 5 nitrogen and oxygen atoms in total. The number of nitrogens with zero attached hydrogens (tertiary/aromatic N) is 2. The third-order valence-electron chi connectivity index (χ3n) is 6.78. The molecule has 168 valence electrons. The van der Waals surface area contributed by atoms with E-state index >= 15 is 0 Å².